The molecule has 14 heteroatoms. The zero-order chi connectivity index (χ0) is 30.8. The van der Waals surface area contributed by atoms with E-state index in [1.165, 1.54) is 20.8 Å². The summed E-state index contributed by atoms with van der Waals surface area (Å²) >= 11 is 0. The second-order valence-corrected chi connectivity index (χ2v) is 9.05. The van der Waals surface area contributed by atoms with Gasteiger partial charge >= 0.3 is 17.9 Å². The average molecular weight is 579 g/mol. The van der Waals surface area contributed by atoms with Crippen LogP contribution in [0.25, 0.3) is 0 Å². The van der Waals surface area contributed by atoms with E-state index in [2.05, 4.69) is 19.7 Å². The van der Waals surface area contributed by atoms with Gasteiger partial charge in [-0.2, -0.15) is 0 Å². The third kappa shape index (κ3) is 16.4. The van der Waals surface area contributed by atoms with E-state index in [0.29, 0.717) is 0 Å². The quantitative estimate of drug-likeness (QED) is 0.0567. The van der Waals surface area contributed by atoms with Gasteiger partial charge in [0.05, 0.1) is 33.0 Å². The smallest absolute Gasteiger partial charge is 0.333 e. The van der Waals surface area contributed by atoms with Crippen molar-refractivity contribution in [2.24, 2.45) is 0 Å². The molecule has 0 aliphatic heterocycles. The maximum absolute atomic E-state index is 11.5. The van der Waals surface area contributed by atoms with Gasteiger partial charge in [-0.25, -0.2) is 14.4 Å². The number of esters is 3. The molecule has 0 radical (unpaired) electrons. The highest BCUT2D eigenvalue weighted by molar-refractivity contribution is 5.87. The zero-order valence-electron chi connectivity index (χ0n) is 23.2. The standard InChI is InChI=1S/C26H42O14/c1-15(2)24(32)38-11-18(28)8-35-14-22(37-10-20(30)13-40-26(34)17(5)6)23(31)21(7-27)36-9-19(29)12-39-25(33)16(3)4/h18-23,27-31H,1,3,5,7-14H2,2,4,6H3. The minimum absolute atomic E-state index is 0.127. The van der Waals surface area contributed by atoms with E-state index in [0.717, 1.165) is 0 Å². The fraction of sp³-hybridized carbons (Fsp3) is 0.654. The first-order valence-corrected chi connectivity index (χ1v) is 12.3. The van der Waals surface area contributed by atoms with Crippen LogP contribution in [0.2, 0.25) is 0 Å². The Balaban J connectivity index is 5.11. The predicted octanol–water partition coefficient (Wildman–Crippen LogP) is -1.43. The van der Waals surface area contributed by atoms with E-state index in [1.807, 2.05) is 0 Å². The summed E-state index contributed by atoms with van der Waals surface area (Å²) in [7, 11) is 0. The molecule has 0 saturated carbocycles. The topological polar surface area (TPSA) is 208 Å². The Kier molecular flexibility index (Phi) is 18.9. The molecule has 40 heavy (non-hydrogen) atoms. The van der Waals surface area contributed by atoms with Crippen LogP contribution in [0.5, 0.6) is 0 Å². The number of hydrogen-bond acceptors (Lipinski definition) is 14. The molecule has 6 unspecified atom stereocenters. The maximum Gasteiger partial charge on any atom is 0.333 e. The van der Waals surface area contributed by atoms with Gasteiger partial charge in [-0.3, -0.25) is 0 Å². The second-order valence-electron chi connectivity index (χ2n) is 9.05. The molecule has 6 atom stereocenters. The number of hydrogen-bond donors (Lipinski definition) is 5. The SMILES string of the molecule is C=C(C)C(=O)OCC(O)COCC(OCC(O)COC(=O)C(=C)C)C(O)C(CO)OCC(O)COC(=O)C(=C)C. The van der Waals surface area contributed by atoms with Crippen LogP contribution < -0.4 is 0 Å². The van der Waals surface area contributed by atoms with Gasteiger partial charge in [0.1, 0.15) is 56.4 Å². The Bertz CT molecular complexity index is 841. The minimum Gasteiger partial charge on any atom is -0.460 e. The fourth-order valence-corrected chi connectivity index (χ4v) is 2.56. The van der Waals surface area contributed by atoms with E-state index in [4.69, 9.17) is 28.4 Å². The molecule has 5 N–H and O–H groups in total. The summed E-state index contributed by atoms with van der Waals surface area (Å²) in [5.41, 5.74) is 0.403. The van der Waals surface area contributed by atoms with Gasteiger partial charge < -0.3 is 54.0 Å². The molecule has 0 aliphatic carbocycles. The summed E-state index contributed by atoms with van der Waals surface area (Å²) in [6.07, 6.45) is -7.98. The van der Waals surface area contributed by atoms with Crippen LogP contribution in [0.4, 0.5) is 0 Å². The molecule has 0 fully saturated rings. The highest BCUT2D eigenvalue weighted by atomic mass is 16.6. The first kappa shape index (κ1) is 37.3. The van der Waals surface area contributed by atoms with Crippen molar-refractivity contribution in [1.29, 1.82) is 0 Å². The van der Waals surface area contributed by atoms with Gasteiger partial charge in [-0.15, -0.1) is 0 Å². The molecule has 0 aromatic carbocycles. The van der Waals surface area contributed by atoms with Crippen molar-refractivity contribution in [3.05, 3.63) is 36.5 Å². The number of ether oxygens (including phenoxy) is 6. The van der Waals surface area contributed by atoms with Crippen molar-refractivity contribution < 1.29 is 68.3 Å². The predicted molar refractivity (Wildman–Crippen MR) is 139 cm³/mol. The van der Waals surface area contributed by atoms with Gasteiger partial charge in [0.25, 0.3) is 0 Å². The average Bonchev–Trinajstić information content (AvgIpc) is 2.90. The van der Waals surface area contributed by atoms with Crippen LogP contribution in [0.1, 0.15) is 20.8 Å². The molecule has 0 saturated heterocycles. The Hall–Kier alpha value is -2.69. The normalized spacial score (nSPS) is 15.6. The summed E-state index contributed by atoms with van der Waals surface area (Å²) in [6, 6.07) is 0. The lowest BCUT2D eigenvalue weighted by molar-refractivity contribution is -0.168. The number of carbonyl (C=O) groups is 3. The third-order valence-electron chi connectivity index (χ3n) is 4.81. The van der Waals surface area contributed by atoms with E-state index in [1.54, 1.807) is 0 Å². The summed E-state index contributed by atoms with van der Waals surface area (Å²) < 4.78 is 30.7. The Labute approximate surface area is 233 Å². The third-order valence-corrected chi connectivity index (χ3v) is 4.81. The largest absolute Gasteiger partial charge is 0.460 e. The van der Waals surface area contributed by atoms with Crippen molar-refractivity contribution in [1.82, 2.24) is 0 Å². The van der Waals surface area contributed by atoms with Crippen molar-refractivity contribution in [3.63, 3.8) is 0 Å². The van der Waals surface area contributed by atoms with E-state index >= 15 is 0 Å². The Morgan fingerprint density at radius 1 is 0.575 bits per heavy atom. The lowest BCUT2D eigenvalue weighted by Gasteiger charge is -2.30. The van der Waals surface area contributed by atoms with Gasteiger partial charge in [0.15, 0.2) is 0 Å². The lowest BCUT2D eigenvalue weighted by Crippen LogP contribution is -2.47. The summed E-state index contributed by atoms with van der Waals surface area (Å²) in [5, 5.41) is 50.6. The molecule has 0 aromatic heterocycles. The van der Waals surface area contributed by atoms with Crippen LogP contribution in [0, 0.1) is 0 Å². The van der Waals surface area contributed by atoms with E-state index < -0.39 is 87.6 Å². The van der Waals surface area contributed by atoms with Crippen LogP contribution in [0.3, 0.4) is 0 Å². The van der Waals surface area contributed by atoms with E-state index in [9.17, 15) is 39.9 Å². The summed E-state index contributed by atoms with van der Waals surface area (Å²) in [5.74, 6) is -2.13. The Morgan fingerprint density at radius 2 is 0.925 bits per heavy atom. The highest BCUT2D eigenvalue weighted by Gasteiger charge is 2.31. The minimum atomic E-state index is -1.58. The van der Waals surface area contributed by atoms with Gasteiger partial charge in [0.2, 0.25) is 0 Å². The fourth-order valence-electron chi connectivity index (χ4n) is 2.56. The molecular formula is C26H42O14. The van der Waals surface area contributed by atoms with Crippen molar-refractivity contribution in [2.75, 3.05) is 52.9 Å². The molecule has 0 bridgehead atoms. The molecule has 14 nitrogen and oxygen atoms in total. The molecule has 230 valence electrons. The van der Waals surface area contributed by atoms with Crippen molar-refractivity contribution in [3.8, 4) is 0 Å². The molecule has 0 rings (SSSR count). The molecule has 0 aliphatic rings. The molecule has 0 spiro atoms. The molecule has 0 heterocycles. The molecule has 0 amide bonds. The van der Waals surface area contributed by atoms with Gasteiger partial charge in [-0.1, -0.05) is 19.7 Å². The van der Waals surface area contributed by atoms with Crippen LogP contribution in [0.15, 0.2) is 36.5 Å². The van der Waals surface area contributed by atoms with E-state index in [-0.39, 0.29) is 36.5 Å². The first-order chi connectivity index (χ1) is 18.7. The summed E-state index contributed by atoms with van der Waals surface area (Å²) in [4.78, 5) is 34.4. The Morgan fingerprint density at radius 3 is 1.27 bits per heavy atom. The number of aliphatic hydroxyl groups excluding tert-OH is 5. The molecular weight excluding hydrogens is 536 g/mol. The van der Waals surface area contributed by atoms with Crippen molar-refractivity contribution in [2.45, 2.75) is 57.4 Å². The first-order valence-electron chi connectivity index (χ1n) is 12.3. The number of carbonyl (C=O) groups excluding carboxylic acids is 3. The summed E-state index contributed by atoms with van der Waals surface area (Å²) in [6.45, 7) is 11.0. The maximum atomic E-state index is 11.5. The monoisotopic (exact) mass is 578 g/mol. The van der Waals surface area contributed by atoms with Gasteiger partial charge in [0, 0.05) is 16.7 Å². The number of aliphatic hydroxyl groups is 5. The van der Waals surface area contributed by atoms with Crippen molar-refractivity contribution >= 4 is 17.9 Å². The zero-order valence-corrected chi connectivity index (χ0v) is 23.2. The lowest BCUT2D eigenvalue weighted by atomic mass is 10.1. The second kappa shape index (κ2) is 20.2. The number of rotatable bonds is 22. The van der Waals surface area contributed by atoms with Crippen LogP contribution >= 0.6 is 0 Å². The molecule has 0 aromatic rings. The van der Waals surface area contributed by atoms with Crippen LogP contribution in [-0.4, -0.2) is 133 Å². The van der Waals surface area contributed by atoms with Crippen LogP contribution in [-0.2, 0) is 42.8 Å². The highest BCUT2D eigenvalue weighted by Crippen LogP contribution is 2.12. The van der Waals surface area contributed by atoms with Gasteiger partial charge in [-0.05, 0) is 20.8 Å².